The molecule has 2 rings (SSSR count). The number of hydrogen-bond donors (Lipinski definition) is 1. The zero-order valence-corrected chi connectivity index (χ0v) is 13.6. The summed E-state index contributed by atoms with van der Waals surface area (Å²) < 4.78 is 0. The maximum Gasteiger partial charge on any atom is 0.294 e. The third kappa shape index (κ3) is 4.31. The second-order valence-corrected chi connectivity index (χ2v) is 8.15. The molecule has 2 aliphatic rings. The summed E-state index contributed by atoms with van der Waals surface area (Å²) in [5, 5.41) is 9.69. The van der Waals surface area contributed by atoms with Gasteiger partial charge in [-0.15, -0.1) is 10.1 Å². The van der Waals surface area contributed by atoms with E-state index < -0.39 is 5.09 Å². The van der Waals surface area contributed by atoms with Gasteiger partial charge in [0.2, 0.25) is 0 Å². The lowest BCUT2D eigenvalue weighted by Crippen LogP contribution is -2.52. The lowest BCUT2D eigenvalue weighted by atomic mass is 9.52. The van der Waals surface area contributed by atoms with Crippen LogP contribution in [0.3, 0.4) is 0 Å². The van der Waals surface area contributed by atoms with Gasteiger partial charge in [-0.05, 0) is 68.6 Å². The van der Waals surface area contributed by atoms with Crippen molar-refractivity contribution in [2.24, 2.45) is 28.9 Å². The van der Waals surface area contributed by atoms with Crippen LogP contribution in [0.1, 0.15) is 65.7 Å². The van der Waals surface area contributed by atoms with Crippen molar-refractivity contribution < 1.29 is 9.92 Å². The maximum absolute atomic E-state index is 10.4. The number of fused-ring (bicyclic) bond motifs is 2. The quantitative estimate of drug-likeness (QED) is 0.601. The van der Waals surface area contributed by atoms with Gasteiger partial charge in [-0.2, -0.15) is 0 Å². The summed E-state index contributed by atoms with van der Waals surface area (Å²) in [4.78, 5) is 14.9. The van der Waals surface area contributed by atoms with Crippen LogP contribution in [0.25, 0.3) is 0 Å². The Kier molecular flexibility index (Phi) is 4.81. The third-order valence-corrected chi connectivity index (χ3v) is 5.47. The molecule has 0 amide bonds. The molecule has 0 aromatic heterocycles. The van der Waals surface area contributed by atoms with Gasteiger partial charge < -0.3 is 10.6 Å². The zero-order chi connectivity index (χ0) is 15.7. The predicted molar refractivity (Wildman–Crippen MR) is 82.1 cm³/mol. The number of nitrogens with zero attached hydrogens (tertiary/aromatic N) is 1. The Morgan fingerprint density at radius 3 is 2.76 bits per heavy atom. The minimum atomic E-state index is -0.680. The van der Waals surface area contributed by atoms with E-state index in [2.05, 4.69) is 25.6 Å². The summed E-state index contributed by atoms with van der Waals surface area (Å²) in [6, 6.07) is 0. The van der Waals surface area contributed by atoms with Crippen molar-refractivity contribution in [3.05, 3.63) is 10.1 Å². The van der Waals surface area contributed by atoms with Gasteiger partial charge in [0.1, 0.15) is 0 Å². The molecule has 0 aromatic carbocycles. The maximum atomic E-state index is 10.4. The lowest BCUT2D eigenvalue weighted by molar-refractivity contribution is -0.759. The van der Waals surface area contributed by atoms with Gasteiger partial charge in [-0.25, -0.2) is 0 Å². The molecule has 122 valence electrons. The molecule has 2 saturated carbocycles. The highest BCUT2D eigenvalue weighted by Crippen LogP contribution is 2.56. The molecule has 5 unspecified atom stereocenters. The van der Waals surface area contributed by atoms with Crippen molar-refractivity contribution >= 4 is 0 Å². The van der Waals surface area contributed by atoms with Crippen molar-refractivity contribution in [3.63, 3.8) is 0 Å². The van der Waals surface area contributed by atoms with Gasteiger partial charge in [-0.3, -0.25) is 0 Å². The Labute approximate surface area is 127 Å². The highest BCUT2D eigenvalue weighted by atomic mass is 16.9. The number of rotatable bonds is 6. The molecular weight excluding hydrogens is 268 g/mol. The Bertz CT molecular complexity index is 386. The van der Waals surface area contributed by atoms with Crippen LogP contribution in [0.2, 0.25) is 0 Å². The standard InChI is InChI=1S/C16H30N2O3/c1-4-13-5-14-7-15(3,17)11-16(8-13,9-14)6-12(2)10-21-18(19)20/h12-14H,4-11,17H2,1-3H3. The average Bonchev–Trinajstić information content (AvgIpc) is 2.33. The van der Waals surface area contributed by atoms with E-state index in [1.54, 1.807) is 0 Å². The average molecular weight is 298 g/mol. The van der Waals surface area contributed by atoms with E-state index in [0.717, 1.165) is 31.1 Å². The van der Waals surface area contributed by atoms with Crippen LogP contribution in [0.5, 0.6) is 0 Å². The largest absolute Gasteiger partial charge is 0.325 e. The van der Waals surface area contributed by atoms with Crippen molar-refractivity contribution in [2.75, 3.05) is 6.61 Å². The fourth-order valence-electron chi connectivity index (χ4n) is 5.37. The lowest BCUT2D eigenvalue weighted by Gasteiger charge is -2.54. The van der Waals surface area contributed by atoms with Crippen molar-refractivity contribution in [2.45, 2.75) is 71.3 Å². The van der Waals surface area contributed by atoms with E-state index in [9.17, 15) is 10.1 Å². The molecule has 0 heterocycles. The summed E-state index contributed by atoms with van der Waals surface area (Å²) in [7, 11) is 0. The molecule has 0 aliphatic heterocycles. The van der Waals surface area contributed by atoms with Crippen LogP contribution in [0.4, 0.5) is 0 Å². The van der Waals surface area contributed by atoms with Crippen LogP contribution in [-0.4, -0.2) is 17.2 Å². The molecule has 0 saturated heterocycles. The first-order chi connectivity index (χ1) is 9.73. The Hall–Kier alpha value is -0.840. The summed E-state index contributed by atoms with van der Waals surface area (Å²) in [6.07, 6.45) is 8.21. The smallest absolute Gasteiger partial charge is 0.294 e. The zero-order valence-electron chi connectivity index (χ0n) is 13.6. The summed E-state index contributed by atoms with van der Waals surface area (Å²) in [5.41, 5.74) is 6.69. The molecule has 2 aliphatic carbocycles. The first kappa shape index (κ1) is 16.5. The van der Waals surface area contributed by atoms with Gasteiger partial charge in [0.25, 0.3) is 5.09 Å². The monoisotopic (exact) mass is 298 g/mol. The minimum Gasteiger partial charge on any atom is -0.325 e. The number of nitrogens with two attached hydrogens (primary N) is 1. The summed E-state index contributed by atoms with van der Waals surface area (Å²) >= 11 is 0. The Morgan fingerprint density at radius 1 is 1.43 bits per heavy atom. The van der Waals surface area contributed by atoms with Crippen molar-refractivity contribution in [1.29, 1.82) is 0 Å². The molecular formula is C16H30N2O3. The molecule has 0 radical (unpaired) electrons. The molecule has 2 fully saturated rings. The van der Waals surface area contributed by atoms with E-state index in [4.69, 9.17) is 5.73 Å². The topological polar surface area (TPSA) is 78.4 Å². The first-order valence-corrected chi connectivity index (χ1v) is 8.30. The van der Waals surface area contributed by atoms with Gasteiger partial charge in [0.15, 0.2) is 0 Å². The molecule has 5 heteroatoms. The van der Waals surface area contributed by atoms with E-state index in [-0.39, 0.29) is 23.5 Å². The van der Waals surface area contributed by atoms with E-state index >= 15 is 0 Å². The van der Waals surface area contributed by atoms with Gasteiger partial charge in [0, 0.05) is 5.54 Å². The van der Waals surface area contributed by atoms with Crippen LogP contribution >= 0.6 is 0 Å². The van der Waals surface area contributed by atoms with E-state index in [1.807, 2.05) is 0 Å². The SMILES string of the molecule is CCC1CC2CC(C)(N)CC(CC(C)CO[N+](=O)[O-])(C1)C2. The Morgan fingerprint density at radius 2 is 2.14 bits per heavy atom. The summed E-state index contributed by atoms with van der Waals surface area (Å²) in [6.45, 7) is 6.72. The molecule has 2 bridgehead atoms. The molecule has 2 N–H and O–H groups in total. The number of hydrogen-bond acceptors (Lipinski definition) is 4. The van der Waals surface area contributed by atoms with Crippen LogP contribution in [0, 0.1) is 33.3 Å². The van der Waals surface area contributed by atoms with Gasteiger partial charge >= 0.3 is 0 Å². The fourth-order valence-corrected chi connectivity index (χ4v) is 5.37. The van der Waals surface area contributed by atoms with Crippen molar-refractivity contribution in [3.8, 4) is 0 Å². The molecule has 5 atom stereocenters. The van der Waals surface area contributed by atoms with Gasteiger partial charge in [-0.1, -0.05) is 20.3 Å². The second kappa shape index (κ2) is 6.11. The van der Waals surface area contributed by atoms with E-state index in [0.29, 0.717) is 0 Å². The predicted octanol–water partition coefficient (Wildman–Crippen LogP) is 3.54. The molecule has 21 heavy (non-hydrogen) atoms. The Balaban J connectivity index is 2.06. The second-order valence-electron chi connectivity index (χ2n) is 8.15. The van der Waals surface area contributed by atoms with Crippen LogP contribution in [0.15, 0.2) is 0 Å². The third-order valence-electron chi connectivity index (χ3n) is 5.47. The first-order valence-electron chi connectivity index (χ1n) is 8.30. The fraction of sp³-hybridized carbons (Fsp3) is 1.00. The molecule has 0 aromatic rings. The summed E-state index contributed by atoms with van der Waals surface area (Å²) in [5.74, 6) is 1.74. The normalized spacial score (nSPS) is 40.6. The minimum absolute atomic E-state index is 0.0781. The molecule has 0 spiro atoms. The van der Waals surface area contributed by atoms with Gasteiger partial charge in [0.05, 0.1) is 6.61 Å². The van der Waals surface area contributed by atoms with E-state index in [1.165, 1.54) is 25.7 Å². The van der Waals surface area contributed by atoms with Crippen LogP contribution in [-0.2, 0) is 4.84 Å². The highest BCUT2D eigenvalue weighted by molar-refractivity contribution is 5.02. The van der Waals surface area contributed by atoms with Crippen molar-refractivity contribution in [1.82, 2.24) is 0 Å². The molecule has 5 nitrogen and oxygen atoms in total. The highest BCUT2D eigenvalue weighted by Gasteiger charge is 2.49. The van der Waals surface area contributed by atoms with Crippen LogP contribution < -0.4 is 5.73 Å².